The number of nitrogens with zero attached hydrogens (tertiary/aromatic N) is 2. The number of amides is 1. The summed E-state index contributed by atoms with van der Waals surface area (Å²) in [6.07, 6.45) is 1.58. The maximum absolute atomic E-state index is 12.2. The summed E-state index contributed by atoms with van der Waals surface area (Å²) in [5, 5.41) is 12.0. The van der Waals surface area contributed by atoms with E-state index in [1.54, 1.807) is 12.1 Å². The summed E-state index contributed by atoms with van der Waals surface area (Å²) in [5.41, 5.74) is 2.53. The molecule has 2 rings (SSSR count). The highest BCUT2D eigenvalue weighted by Crippen LogP contribution is 2.22. The zero-order valence-corrected chi connectivity index (χ0v) is 14.5. The molecular weight excluding hydrogens is 354 g/mol. The molecule has 0 atom stereocenters. The Bertz CT molecular complexity index is 774. The number of hydrogen-bond donors (Lipinski definition) is 1. The van der Waals surface area contributed by atoms with E-state index in [4.69, 9.17) is 0 Å². The van der Waals surface area contributed by atoms with Gasteiger partial charge in [-0.2, -0.15) is 5.26 Å². The van der Waals surface area contributed by atoms with E-state index in [2.05, 4.69) is 21.2 Å². The van der Waals surface area contributed by atoms with Gasteiger partial charge >= 0.3 is 0 Å². The average Bonchev–Trinajstić information content (AvgIpc) is 2.55. The molecule has 0 aliphatic rings. The molecule has 0 saturated carbocycles. The van der Waals surface area contributed by atoms with Crippen molar-refractivity contribution >= 4 is 39.3 Å². The third-order valence-electron chi connectivity index (χ3n) is 3.21. The molecule has 116 valence electrons. The third-order valence-corrected chi connectivity index (χ3v) is 3.90. The molecular formula is C18H16BrN3O. The van der Waals surface area contributed by atoms with Gasteiger partial charge in [0.05, 0.1) is 5.69 Å². The Labute approximate surface area is 144 Å². The number of carbonyl (C=O) groups excluding carboxylic acids is 1. The molecule has 1 N–H and O–H groups in total. The van der Waals surface area contributed by atoms with E-state index in [0.29, 0.717) is 5.69 Å². The molecule has 0 saturated heterocycles. The van der Waals surface area contributed by atoms with Crippen molar-refractivity contribution in [2.75, 3.05) is 24.3 Å². The lowest BCUT2D eigenvalue weighted by molar-refractivity contribution is -0.112. The van der Waals surface area contributed by atoms with Gasteiger partial charge in [0.1, 0.15) is 11.6 Å². The fraction of sp³-hybridized carbons (Fsp3) is 0.111. The van der Waals surface area contributed by atoms with Crippen molar-refractivity contribution in [3.8, 4) is 6.07 Å². The number of hydrogen-bond acceptors (Lipinski definition) is 3. The van der Waals surface area contributed by atoms with Crippen molar-refractivity contribution < 1.29 is 4.79 Å². The number of benzene rings is 2. The molecule has 23 heavy (non-hydrogen) atoms. The molecule has 0 aromatic heterocycles. The Kier molecular flexibility index (Phi) is 5.56. The molecule has 0 aliphatic heterocycles. The Morgan fingerprint density at radius 1 is 1.17 bits per heavy atom. The van der Waals surface area contributed by atoms with Crippen LogP contribution in [-0.4, -0.2) is 20.0 Å². The second-order valence-corrected chi connectivity index (χ2v) is 5.94. The quantitative estimate of drug-likeness (QED) is 0.652. The average molecular weight is 370 g/mol. The molecule has 0 heterocycles. The largest absolute Gasteiger partial charge is 0.378 e. The molecule has 1 amide bonds. The van der Waals surface area contributed by atoms with Gasteiger partial charge in [-0.05, 0) is 51.8 Å². The van der Waals surface area contributed by atoms with Crippen molar-refractivity contribution in [2.24, 2.45) is 0 Å². The number of halogens is 1. The highest BCUT2D eigenvalue weighted by Gasteiger charge is 2.11. The molecule has 5 heteroatoms. The number of rotatable bonds is 4. The summed E-state index contributed by atoms with van der Waals surface area (Å²) < 4.78 is 0.765. The predicted octanol–water partition coefficient (Wildman–Crippen LogP) is 4.06. The molecule has 2 aromatic rings. The van der Waals surface area contributed by atoms with Crippen LogP contribution < -0.4 is 10.2 Å². The van der Waals surface area contributed by atoms with E-state index in [-0.39, 0.29) is 5.57 Å². The van der Waals surface area contributed by atoms with Crippen LogP contribution in [0, 0.1) is 11.3 Å². The highest BCUT2D eigenvalue weighted by atomic mass is 79.9. The minimum Gasteiger partial charge on any atom is -0.378 e. The monoisotopic (exact) mass is 369 g/mol. The lowest BCUT2D eigenvalue weighted by Crippen LogP contribution is -2.13. The number of carbonyl (C=O) groups is 1. The number of nitriles is 1. The Morgan fingerprint density at radius 2 is 1.83 bits per heavy atom. The molecule has 0 bridgehead atoms. The minimum atomic E-state index is -0.434. The smallest absolute Gasteiger partial charge is 0.266 e. The second-order valence-electron chi connectivity index (χ2n) is 5.09. The first-order chi connectivity index (χ1) is 11.0. The molecule has 0 spiro atoms. The van der Waals surface area contributed by atoms with Crippen molar-refractivity contribution in [3.05, 3.63) is 64.1 Å². The third kappa shape index (κ3) is 4.44. The van der Waals surface area contributed by atoms with Gasteiger partial charge < -0.3 is 10.2 Å². The van der Waals surface area contributed by atoms with Gasteiger partial charge in [-0.1, -0.05) is 24.3 Å². The van der Waals surface area contributed by atoms with Crippen LogP contribution >= 0.6 is 15.9 Å². The van der Waals surface area contributed by atoms with E-state index in [1.807, 2.05) is 67.5 Å². The number of anilines is 2. The standard InChI is InChI=1S/C18H16BrN3O/c1-22(2)15-9-7-13(8-10-15)11-14(12-20)18(23)21-17-6-4-3-5-16(17)19/h3-11H,1-2H3,(H,21,23)/b14-11-. The predicted molar refractivity (Wildman–Crippen MR) is 97.1 cm³/mol. The number of para-hydroxylation sites is 1. The highest BCUT2D eigenvalue weighted by molar-refractivity contribution is 9.10. The van der Waals surface area contributed by atoms with Crippen LogP contribution in [0.3, 0.4) is 0 Å². The van der Waals surface area contributed by atoms with E-state index < -0.39 is 5.91 Å². The van der Waals surface area contributed by atoms with E-state index in [1.165, 1.54) is 0 Å². The Hall–Kier alpha value is -2.58. The molecule has 0 radical (unpaired) electrons. The van der Waals surface area contributed by atoms with Gasteiger partial charge in [0.25, 0.3) is 5.91 Å². The van der Waals surface area contributed by atoms with Crippen LogP contribution in [0.4, 0.5) is 11.4 Å². The Balaban J connectivity index is 2.20. The topological polar surface area (TPSA) is 56.1 Å². The van der Waals surface area contributed by atoms with Gasteiger partial charge in [-0.15, -0.1) is 0 Å². The van der Waals surface area contributed by atoms with Crippen LogP contribution in [0.5, 0.6) is 0 Å². The Morgan fingerprint density at radius 3 is 2.39 bits per heavy atom. The van der Waals surface area contributed by atoms with E-state index in [9.17, 15) is 10.1 Å². The molecule has 0 unspecified atom stereocenters. The summed E-state index contributed by atoms with van der Waals surface area (Å²) in [7, 11) is 3.91. The van der Waals surface area contributed by atoms with Crippen molar-refractivity contribution in [1.29, 1.82) is 5.26 Å². The summed E-state index contributed by atoms with van der Waals surface area (Å²) in [5.74, 6) is -0.434. The first kappa shape index (κ1) is 16.8. The van der Waals surface area contributed by atoms with Crippen LogP contribution in [0.15, 0.2) is 58.6 Å². The second kappa shape index (κ2) is 7.61. The van der Waals surface area contributed by atoms with Crippen molar-refractivity contribution in [2.45, 2.75) is 0 Å². The first-order valence-electron chi connectivity index (χ1n) is 6.96. The zero-order valence-electron chi connectivity index (χ0n) is 12.9. The van der Waals surface area contributed by atoms with Gasteiger partial charge in [-0.25, -0.2) is 0 Å². The lowest BCUT2D eigenvalue weighted by Gasteiger charge is -2.12. The summed E-state index contributed by atoms with van der Waals surface area (Å²) in [6, 6.07) is 16.8. The van der Waals surface area contributed by atoms with E-state index in [0.717, 1.165) is 15.7 Å². The van der Waals surface area contributed by atoms with Gasteiger partial charge in [0, 0.05) is 24.3 Å². The molecule has 0 fully saturated rings. The maximum Gasteiger partial charge on any atom is 0.266 e. The van der Waals surface area contributed by atoms with Gasteiger partial charge in [-0.3, -0.25) is 4.79 Å². The minimum absolute atomic E-state index is 0.0540. The SMILES string of the molecule is CN(C)c1ccc(/C=C(/C#N)C(=O)Nc2ccccc2Br)cc1. The van der Waals surface area contributed by atoms with Crippen LogP contribution in [-0.2, 0) is 4.79 Å². The fourth-order valence-electron chi connectivity index (χ4n) is 1.94. The lowest BCUT2D eigenvalue weighted by atomic mass is 10.1. The van der Waals surface area contributed by atoms with Crippen LogP contribution in [0.25, 0.3) is 6.08 Å². The normalized spacial score (nSPS) is 10.8. The summed E-state index contributed by atoms with van der Waals surface area (Å²) in [4.78, 5) is 14.2. The molecule has 0 aliphatic carbocycles. The van der Waals surface area contributed by atoms with Crippen LogP contribution in [0.2, 0.25) is 0 Å². The van der Waals surface area contributed by atoms with Crippen LogP contribution in [0.1, 0.15) is 5.56 Å². The molecule has 4 nitrogen and oxygen atoms in total. The summed E-state index contributed by atoms with van der Waals surface area (Å²) in [6.45, 7) is 0. The first-order valence-corrected chi connectivity index (χ1v) is 7.75. The van der Waals surface area contributed by atoms with Gasteiger partial charge in [0.15, 0.2) is 0 Å². The van der Waals surface area contributed by atoms with Crippen molar-refractivity contribution in [3.63, 3.8) is 0 Å². The van der Waals surface area contributed by atoms with E-state index >= 15 is 0 Å². The zero-order chi connectivity index (χ0) is 16.8. The maximum atomic E-state index is 12.2. The number of nitrogens with one attached hydrogen (secondary N) is 1. The summed E-state index contributed by atoms with van der Waals surface area (Å²) >= 11 is 3.36. The molecule has 2 aromatic carbocycles. The van der Waals surface area contributed by atoms with Gasteiger partial charge in [0.2, 0.25) is 0 Å². The fourth-order valence-corrected chi connectivity index (χ4v) is 2.32. The van der Waals surface area contributed by atoms with Crippen molar-refractivity contribution in [1.82, 2.24) is 0 Å².